The average molecular weight is 496 g/mol. The number of nitrogens with one attached hydrogen (secondary N) is 1. The van der Waals surface area contributed by atoms with Crippen LogP contribution in [0.15, 0.2) is 45.9 Å². The van der Waals surface area contributed by atoms with Gasteiger partial charge in [-0.15, -0.1) is 0 Å². The van der Waals surface area contributed by atoms with Crippen LogP contribution < -0.4 is 9.03 Å². The molecule has 2 fully saturated rings. The lowest BCUT2D eigenvalue weighted by Gasteiger charge is -2.29. The topological polar surface area (TPSA) is 117 Å². The van der Waals surface area contributed by atoms with E-state index in [9.17, 15) is 21.6 Å². The molecule has 33 heavy (non-hydrogen) atoms. The smallest absolute Gasteiger partial charge is 0.242 e. The van der Waals surface area contributed by atoms with Crippen LogP contribution in [0.3, 0.4) is 0 Å². The Morgan fingerprint density at radius 3 is 2.45 bits per heavy atom. The van der Waals surface area contributed by atoms with Crippen molar-refractivity contribution >= 4 is 31.6 Å². The van der Waals surface area contributed by atoms with Gasteiger partial charge in [-0.3, -0.25) is 9.69 Å². The number of hydrogen-bond donors (Lipinski definition) is 1. The summed E-state index contributed by atoms with van der Waals surface area (Å²) in [5.74, 6) is -0.145. The Kier molecular flexibility index (Phi) is 6.94. The van der Waals surface area contributed by atoms with Crippen molar-refractivity contribution in [3.8, 4) is 0 Å². The number of sulfonamides is 2. The molecule has 1 N–H and O–H groups in total. The molecule has 1 amide bonds. The van der Waals surface area contributed by atoms with E-state index in [4.69, 9.17) is 4.42 Å². The standard InChI is InChI=1S/C22H29N3O6S2/c1-17-8-9-18(25-22(26)10-14-32(25,27)28)15-21(17)33(29,30)23-16-19(20-7-6-13-31-20)24-11-4-2-3-5-12-24/h6-9,13,15,19,23H,2-5,10-12,14,16H2,1H3/t19-/m0/s1. The van der Waals surface area contributed by atoms with Crippen LogP contribution >= 0.6 is 0 Å². The van der Waals surface area contributed by atoms with Gasteiger partial charge >= 0.3 is 0 Å². The zero-order valence-electron chi connectivity index (χ0n) is 18.6. The Bertz CT molecular complexity index is 1200. The summed E-state index contributed by atoms with van der Waals surface area (Å²) in [5.41, 5.74) is 0.498. The summed E-state index contributed by atoms with van der Waals surface area (Å²) in [6.07, 6.45) is 5.86. The molecule has 1 aromatic heterocycles. The van der Waals surface area contributed by atoms with E-state index in [1.807, 2.05) is 6.07 Å². The first-order valence-electron chi connectivity index (χ1n) is 11.1. The van der Waals surface area contributed by atoms with Gasteiger partial charge in [-0.05, 0) is 62.7 Å². The fourth-order valence-corrected chi connectivity index (χ4v) is 7.19. The first-order chi connectivity index (χ1) is 15.7. The molecular weight excluding hydrogens is 466 g/mol. The van der Waals surface area contributed by atoms with Crippen LogP contribution in [0.5, 0.6) is 0 Å². The molecule has 1 aromatic carbocycles. The van der Waals surface area contributed by atoms with E-state index in [1.54, 1.807) is 19.3 Å². The number of rotatable bonds is 7. The van der Waals surface area contributed by atoms with Gasteiger partial charge in [0.05, 0.1) is 28.6 Å². The van der Waals surface area contributed by atoms with Crippen LogP contribution in [0.25, 0.3) is 0 Å². The third kappa shape index (κ3) is 5.16. The van der Waals surface area contributed by atoms with Crippen molar-refractivity contribution in [2.24, 2.45) is 0 Å². The van der Waals surface area contributed by atoms with Crippen LogP contribution in [0.4, 0.5) is 5.69 Å². The van der Waals surface area contributed by atoms with Gasteiger partial charge in [-0.25, -0.2) is 25.9 Å². The molecule has 3 heterocycles. The highest BCUT2D eigenvalue weighted by Crippen LogP contribution is 2.30. The molecule has 2 aromatic rings. The minimum atomic E-state index is -3.98. The van der Waals surface area contributed by atoms with Crippen LogP contribution in [0, 0.1) is 6.92 Å². The molecule has 11 heteroatoms. The molecule has 4 rings (SSSR count). The minimum absolute atomic E-state index is 0.0403. The molecule has 2 aliphatic rings. The number of carbonyl (C=O) groups is 1. The van der Waals surface area contributed by atoms with Crippen LogP contribution in [0.1, 0.15) is 49.5 Å². The summed E-state index contributed by atoms with van der Waals surface area (Å²) in [7, 11) is -7.77. The Hall–Kier alpha value is -2.21. The molecule has 1 atom stereocenters. The molecule has 0 aliphatic carbocycles. The predicted octanol–water partition coefficient (Wildman–Crippen LogP) is 2.55. The maximum Gasteiger partial charge on any atom is 0.242 e. The Balaban J connectivity index is 1.59. The first kappa shape index (κ1) is 23.9. The van der Waals surface area contributed by atoms with E-state index in [-0.39, 0.29) is 35.3 Å². The molecule has 0 spiro atoms. The number of nitrogens with zero attached hydrogens (tertiary/aromatic N) is 2. The second kappa shape index (κ2) is 9.57. The molecule has 0 unspecified atom stereocenters. The third-order valence-corrected chi connectivity index (χ3v) is 9.45. The van der Waals surface area contributed by atoms with E-state index in [0.717, 1.165) is 38.8 Å². The van der Waals surface area contributed by atoms with Crippen LogP contribution in [-0.4, -0.2) is 53.0 Å². The highest BCUT2D eigenvalue weighted by atomic mass is 32.2. The van der Waals surface area contributed by atoms with Crippen molar-refractivity contribution in [3.63, 3.8) is 0 Å². The second-order valence-electron chi connectivity index (χ2n) is 8.51. The lowest BCUT2D eigenvalue weighted by Crippen LogP contribution is -2.38. The largest absolute Gasteiger partial charge is 0.468 e. The van der Waals surface area contributed by atoms with Crippen molar-refractivity contribution in [2.45, 2.75) is 50.0 Å². The van der Waals surface area contributed by atoms with Crippen molar-refractivity contribution in [1.82, 2.24) is 9.62 Å². The molecule has 180 valence electrons. The summed E-state index contributed by atoms with van der Waals surface area (Å²) >= 11 is 0. The Morgan fingerprint density at radius 2 is 1.85 bits per heavy atom. The molecule has 0 saturated carbocycles. The molecule has 2 saturated heterocycles. The highest BCUT2D eigenvalue weighted by molar-refractivity contribution is 7.94. The van der Waals surface area contributed by atoms with Gasteiger partial charge in [0, 0.05) is 13.0 Å². The average Bonchev–Trinajstić information content (AvgIpc) is 3.28. The molecular formula is C22H29N3O6S2. The summed E-state index contributed by atoms with van der Waals surface area (Å²) in [6, 6.07) is 7.61. The number of aryl methyl sites for hydroxylation is 1. The maximum atomic E-state index is 13.3. The van der Waals surface area contributed by atoms with Crippen molar-refractivity contribution in [3.05, 3.63) is 47.9 Å². The quantitative estimate of drug-likeness (QED) is 0.627. The summed E-state index contributed by atoms with van der Waals surface area (Å²) in [5, 5.41) is 0. The van der Waals surface area contributed by atoms with Gasteiger partial charge in [0.25, 0.3) is 0 Å². The zero-order chi connectivity index (χ0) is 23.6. The number of carbonyl (C=O) groups excluding carboxylic acids is 1. The van der Waals surface area contributed by atoms with Crippen LogP contribution in [-0.2, 0) is 24.8 Å². The predicted molar refractivity (Wildman–Crippen MR) is 124 cm³/mol. The SMILES string of the molecule is Cc1ccc(N2C(=O)CCS2(=O)=O)cc1S(=O)(=O)NC[C@@H](c1ccco1)N1CCCCCC1. The number of anilines is 1. The fraction of sp³-hybridized carbons (Fsp3) is 0.500. The lowest BCUT2D eigenvalue weighted by molar-refractivity contribution is -0.116. The summed E-state index contributed by atoms with van der Waals surface area (Å²) < 4.78 is 60.1. The van der Waals surface area contributed by atoms with Gasteiger partial charge in [-0.2, -0.15) is 0 Å². The van der Waals surface area contributed by atoms with Gasteiger partial charge in [0.2, 0.25) is 26.0 Å². The van der Waals surface area contributed by atoms with Crippen molar-refractivity contribution < 1.29 is 26.0 Å². The van der Waals surface area contributed by atoms with Gasteiger partial charge in [-0.1, -0.05) is 18.9 Å². The van der Waals surface area contributed by atoms with E-state index < -0.39 is 26.0 Å². The maximum absolute atomic E-state index is 13.3. The zero-order valence-corrected chi connectivity index (χ0v) is 20.2. The van der Waals surface area contributed by atoms with Gasteiger partial charge < -0.3 is 4.42 Å². The monoisotopic (exact) mass is 495 g/mol. The van der Waals surface area contributed by atoms with Gasteiger partial charge in [0.15, 0.2) is 0 Å². The van der Waals surface area contributed by atoms with E-state index >= 15 is 0 Å². The lowest BCUT2D eigenvalue weighted by atomic mass is 10.2. The summed E-state index contributed by atoms with van der Waals surface area (Å²) in [4.78, 5) is 14.3. The fourth-order valence-electron chi connectivity index (χ4n) is 4.44. The van der Waals surface area contributed by atoms with Crippen LogP contribution in [0.2, 0.25) is 0 Å². The summed E-state index contributed by atoms with van der Waals surface area (Å²) in [6.45, 7) is 3.46. The third-order valence-electron chi connectivity index (χ3n) is 6.19. The number of benzene rings is 1. The second-order valence-corrected chi connectivity index (χ2v) is 12.2. The number of furan rings is 1. The van der Waals surface area contributed by atoms with Crippen molar-refractivity contribution in [1.29, 1.82) is 0 Å². The number of likely N-dealkylation sites (tertiary alicyclic amines) is 1. The molecule has 9 nitrogen and oxygen atoms in total. The van der Waals surface area contributed by atoms with E-state index in [1.165, 1.54) is 18.2 Å². The number of hydrogen-bond acceptors (Lipinski definition) is 7. The minimum Gasteiger partial charge on any atom is -0.468 e. The molecule has 0 bridgehead atoms. The first-order valence-corrected chi connectivity index (χ1v) is 14.2. The molecule has 2 aliphatic heterocycles. The Labute approximate surface area is 194 Å². The molecule has 0 radical (unpaired) electrons. The highest BCUT2D eigenvalue weighted by Gasteiger charge is 2.37. The normalized spacial score (nSPS) is 20.6. The van der Waals surface area contributed by atoms with Gasteiger partial charge in [0.1, 0.15) is 5.76 Å². The number of amides is 1. The van der Waals surface area contributed by atoms with E-state index in [2.05, 4.69) is 9.62 Å². The van der Waals surface area contributed by atoms with Crippen molar-refractivity contribution in [2.75, 3.05) is 29.7 Å². The van der Waals surface area contributed by atoms with E-state index in [0.29, 0.717) is 15.6 Å². The Morgan fingerprint density at radius 1 is 1.12 bits per heavy atom.